The smallest absolute Gasteiger partial charge is 0.259 e. The lowest BCUT2D eigenvalue weighted by molar-refractivity contribution is -0.119. The van der Waals surface area contributed by atoms with Crippen LogP contribution >= 0.6 is 0 Å². The molecule has 1 atom stereocenters. The van der Waals surface area contributed by atoms with Gasteiger partial charge in [0.25, 0.3) is 5.91 Å². The number of hydrogen-bond acceptors (Lipinski definition) is 7. The summed E-state index contributed by atoms with van der Waals surface area (Å²) in [5.74, 6) is 0.112. The lowest BCUT2D eigenvalue weighted by Crippen LogP contribution is -2.35. The first-order chi connectivity index (χ1) is 16.9. The number of ether oxygens (including phenoxy) is 1. The Hall–Kier alpha value is -3.76. The second-order valence-electron chi connectivity index (χ2n) is 9.01. The molecule has 0 aliphatic carbocycles. The molecule has 3 aromatic rings. The number of aromatic amines is 1. The number of fused-ring (bicyclic) bond motifs is 1. The SMILES string of the molecule is Cc1cc(=O)[nH]c2ccc(NC(=O)c3cc(CN4CCOCC4)cnc3NC3CNC(=O)C3)cc12. The van der Waals surface area contributed by atoms with Crippen molar-refractivity contribution in [3.8, 4) is 0 Å². The Morgan fingerprint density at radius 2 is 2.03 bits per heavy atom. The van der Waals surface area contributed by atoms with E-state index in [4.69, 9.17) is 4.74 Å². The number of nitrogens with one attached hydrogen (secondary N) is 4. The van der Waals surface area contributed by atoms with Crippen LogP contribution in [0.4, 0.5) is 11.5 Å². The van der Waals surface area contributed by atoms with Crippen molar-refractivity contribution in [3.05, 3.63) is 63.6 Å². The largest absolute Gasteiger partial charge is 0.379 e. The van der Waals surface area contributed by atoms with E-state index in [9.17, 15) is 14.4 Å². The zero-order chi connectivity index (χ0) is 24.4. The van der Waals surface area contributed by atoms with Gasteiger partial charge < -0.3 is 25.7 Å². The molecule has 10 heteroatoms. The second kappa shape index (κ2) is 9.85. The minimum Gasteiger partial charge on any atom is -0.379 e. The fourth-order valence-electron chi connectivity index (χ4n) is 4.50. The molecule has 2 fully saturated rings. The van der Waals surface area contributed by atoms with Gasteiger partial charge in [-0.1, -0.05) is 0 Å². The average Bonchev–Trinajstić information content (AvgIpc) is 3.25. The van der Waals surface area contributed by atoms with Crippen LogP contribution in [0.5, 0.6) is 0 Å². The van der Waals surface area contributed by atoms with Crippen molar-refractivity contribution < 1.29 is 14.3 Å². The number of carbonyl (C=O) groups excluding carboxylic acids is 2. The van der Waals surface area contributed by atoms with Gasteiger partial charge in [0.15, 0.2) is 0 Å². The van der Waals surface area contributed by atoms with E-state index in [0.29, 0.717) is 55.3 Å². The highest BCUT2D eigenvalue weighted by Crippen LogP contribution is 2.23. The maximum atomic E-state index is 13.4. The van der Waals surface area contributed by atoms with Gasteiger partial charge in [-0.2, -0.15) is 0 Å². The molecule has 35 heavy (non-hydrogen) atoms. The van der Waals surface area contributed by atoms with Gasteiger partial charge in [0.1, 0.15) is 5.82 Å². The highest BCUT2D eigenvalue weighted by atomic mass is 16.5. The van der Waals surface area contributed by atoms with Crippen LogP contribution < -0.4 is 21.5 Å². The van der Waals surface area contributed by atoms with Crippen molar-refractivity contribution in [2.24, 2.45) is 0 Å². The summed E-state index contributed by atoms with van der Waals surface area (Å²) < 4.78 is 5.43. The van der Waals surface area contributed by atoms with Crippen LogP contribution in [0.15, 0.2) is 41.3 Å². The van der Waals surface area contributed by atoms with Crippen LogP contribution in [0.25, 0.3) is 10.9 Å². The third-order valence-corrected chi connectivity index (χ3v) is 6.32. The van der Waals surface area contributed by atoms with Crippen molar-refractivity contribution in [2.45, 2.75) is 25.9 Å². The van der Waals surface area contributed by atoms with E-state index < -0.39 is 0 Å². The molecule has 2 aliphatic heterocycles. The number of nitrogens with zero attached hydrogens (tertiary/aromatic N) is 2. The number of rotatable bonds is 6. The highest BCUT2D eigenvalue weighted by molar-refractivity contribution is 6.08. The van der Waals surface area contributed by atoms with Crippen molar-refractivity contribution >= 4 is 34.2 Å². The molecule has 182 valence electrons. The molecule has 1 aromatic carbocycles. The summed E-state index contributed by atoms with van der Waals surface area (Å²) in [5.41, 5.74) is 3.33. The van der Waals surface area contributed by atoms with Gasteiger partial charge in [-0.25, -0.2) is 4.98 Å². The van der Waals surface area contributed by atoms with Gasteiger partial charge in [-0.15, -0.1) is 0 Å². The van der Waals surface area contributed by atoms with E-state index in [1.165, 1.54) is 6.07 Å². The minimum atomic E-state index is -0.303. The molecular formula is C25H28N6O4. The molecule has 2 aliphatic rings. The van der Waals surface area contributed by atoms with Crippen molar-refractivity contribution in [1.29, 1.82) is 0 Å². The van der Waals surface area contributed by atoms with Crippen LogP contribution in [-0.2, 0) is 16.1 Å². The molecule has 4 heterocycles. The molecule has 10 nitrogen and oxygen atoms in total. The molecule has 2 aromatic heterocycles. The van der Waals surface area contributed by atoms with E-state index in [2.05, 4.69) is 30.8 Å². The number of benzene rings is 1. The average molecular weight is 477 g/mol. The van der Waals surface area contributed by atoms with E-state index in [-0.39, 0.29) is 23.4 Å². The molecular weight excluding hydrogens is 448 g/mol. The quantitative estimate of drug-likeness (QED) is 0.426. The first-order valence-electron chi connectivity index (χ1n) is 11.7. The Bertz CT molecular complexity index is 1330. The number of anilines is 2. The van der Waals surface area contributed by atoms with Gasteiger partial charge in [-0.05, 0) is 42.3 Å². The van der Waals surface area contributed by atoms with Crippen LogP contribution in [0.3, 0.4) is 0 Å². The second-order valence-corrected chi connectivity index (χ2v) is 9.01. The lowest BCUT2D eigenvalue weighted by Gasteiger charge is -2.26. The number of pyridine rings is 2. The highest BCUT2D eigenvalue weighted by Gasteiger charge is 2.24. The van der Waals surface area contributed by atoms with E-state index in [0.717, 1.165) is 29.6 Å². The normalized spacial score (nSPS) is 18.4. The molecule has 0 saturated carbocycles. The number of aryl methyl sites for hydroxylation is 1. The van der Waals surface area contributed by atoms with Gasteiger partial charge >= 0.3 is 0 Å². The van der Waals surface area contributed by atoms with E-state index in [1.807, 2.05) is 19.1 Å². The maximum Gasteiger partial charge on any atom is 0.259 e. The van der Waals surface area contributed by atoms with E-state index >= 15 is 0 Å². The molecule has 1 unspecified atom stereocenters. The Labute approximate surface area is 202 Å². The molecule has 0 spiro atoms. The summed E-state index contributed by atoms with van der Waals surface area (Å²) in [6.45, 7) is 6.06. The van der Waals surface area contributed by atoms with Crippen LogP contribution in [0.2, 0.25) is 0 Å². The van der Waals surface area contributed by atoms with Crippen LogP contribution in [-0.4, -0.2) is 65.6 Å². The summed E-state index contributed by atoms with van der Waals surface area (Å²) in [7, 11) is 0. The van der Waals surface area contributed by atoms with Crippen molar-refractivity contribution in [3.63, 3.8) is 0 Å². The fraction of sp³-hybridized carbons (Fsp3) is 0.360. The van der Waals surface area contributed by atoms with Crippen molar-refractivity contribution in [2.75, 3.05) is 43.5 Å². The third kappa shape index (κ3) is 5.33. The third-order valence-electron chi connectivity index (χ3n) is 6.32. The Morgan fingerprint density at radius 3 is 2.80 bits per heavy atom. The Balaban J connectivity index is 1.42. The van der Waals surface area contributed by atoms with E-state index in [1.54, 1.807) is 18.3 Å². The Kier molecular flexibility index (Phi) is 6.47. The Morgan fingerprint density at radius 1 is 1.20 bits per heavy atom. The molecule has 5 rings (SSSR count). The van der Waals surface area contributed by atoms with Gasteiger partial charge in [-0.3, -0.25) is 19.3 Å². The summed E-state index contributed by atoms with van der Waals surface area (Å²) in [4.78, 5) is 46.5. The van der Waals surface area contributed by atoms with Gasteiger partial charge in [0.05, 0.1) is 24.8 Å². The monoisotopic (exact) mass is 476 g/mol. The van der Waals surface area contributed by atoms with Gasteiger partial charge in [0, 0.05) is 61.5 Å². The fourth-order valence-corrected chi connectivity index (χ4v) is 4.50. The molecule has 4 N–H and O–H groups in total. The number of morpholine rings is 1. The first kappa shape index (κ1) is 23.0. The summed E-state index contributed by atoms with van der Waals surface area (Å²) >= 11 is 0. The number of amides is 2. The molecule has 0 radical (unpaired) electrons. The number of hydrogen-bond donors (Lipinski definition) is 4. The summed E-state index contributed by atoms with van der Waals surface area (Å²) in [6.07, 6.45) is 2.11. The summed E-state index contributed by atoms with van der Waals surface area (Å²) in [5, 5.41) is 9.88. The van der Waals surface area contributed by atoms with Crippen LogP contribution in [0.1, 0.15) is 27.9 Å². The standard InChI is InChI=1S/C25H28N6O4/c1-15-8-23(33)30-21-3-2-17(10-19(15)21)29-25(34)20-9-16(14-31-4-6-35-7-5-31)12-27-24(20)28-18-11-22(32)26-13-18/h2-3,8-10,12,18H,4-7,11,13-14H2,1H3,(H,26,32)(H,27,28)(H,29,34)(H,30,33). The molecule has 0 bridgehead atoms. The number of carbonyl (C=O) groups is 2. The van der Waals surface area contributed by atoms with Crippen LogP contribution in [0, 0.1) is 6.92 Å². The summed E-state index contributed by atoms with van der Waals surface area (Å²) in [6, 6.07) is 8.64. The van der Waals surface area contributed by atoms with Crippen molar-refractivity contribution in [1.82, 2.24) is 20.2 Å². The zero-order valence-corrected chi connectivity index (χ0v) is 19.5. The molecule has 2 amide bonds. The first-order valence-corrected chi connectivity index (χ1v) is 11.7. The topological polar surface area (TPSA) is 128 Å². The number of aromatic nitrogens is 2. The predicted octanol–water partition coefficient (Wildman–Crippen LogP) is 1.62. The lowest BCUT2D eigenvalue weighted by atomic mass is 10.1. The molecule has 2 saturated heterocycles. The number of H-pyrrole nitrogens is 1. The zero-order valence-electron chi connectivity index (χ0n) is 19.5. The predicted molar refractivity (Wildman–Crippen MR) is 133 cm³/mol. The maximum absolute atomic E-state index is 13.4. The van der Waals surface area contributed by atoms with Gasteiger partial charge in [0.2, 0.25) is 11.5 Å². The minimum absolute atomic E-state index is 0.0259.